The largest absolute Gasteiger partial charge is 0.437 e. The second kappa shape index (κ2) is 5.54. The molecule has 19 heavy (non-hydrogen) atoms. The summed E-state index contributed by atoms with van der Waals surface area (Å²) in [5.41, 5.74) is 5.79. The molecule has 6 heteroatoms. The Labute approximate surface area is 120 Å². The van der Waals surface area contributed by atoms with E-state index in [0.29, 0.717) is 16.3 Å². The van der Waals surface area contributed by atoms with Crippen molar-refractivity contribution in [3.05, 3.63) is 39.5 Å². The molecule has 0 aliphatic heterocycles. The average Bonchev–Trinajstić information content (AvgIpc) is 2.38. The quantitative estimate of drug-likeness (QED) is 0.670. The number of benzene rings is 1. The maximum absolute atomic E-state index is 5.85. The minimum absolute atomic E-state index is 0.306. The van der Waals surface area contributed by atoms with Gasteiger partial charge in [-0.15, -0.1) is 0 Å². The fourth-order valence-electron chi connectivity index (χ4n) is 1.70. The zero-order chi connectivity index (χ0) is 14.0. The van der Waals surface area contributed by atoms with E-state index >= 15 is 0 Å². The highest BCUT2D eigenvalue weighted by Crippen LogP contribution is 2.31. The number of aryl methyl sites for hydroxylation is 2. The molecule has 0 spiro atoms. The summed E-state index contributed by atoms with van der Waals surface area (Å²) >= 11 is 3.36. The van der Waals surface area contributed by atoms with Crippen molar-refractivity contribution in [1.29, 1.82) is 0 Å². The lowest BCUT2D eigenvalue weighted by Gasteiger charge is -2.12. The van der Waals surface area contributed by atoms with Crippen LogP contribution in [0.2, 0.25) is 0 Å². The fourth-order valence-corrected chi connectivity index (χ4v) is 1.98. The number of nitrogens with one attached hydrogen (secondary N) is 1. The van der Waals surface area contributed by atoms with E-state index in [9.17, 15) is 0 Å². The number of halogens is 1. The van der Waals surface area contributed by atoms with Crippen LogP contribution in [-0.2, 0) is 0 Å². The summed E-state index contributed by atoms with van der Waals surface area (Å²) in [4.78, 5) is 8.15. The van der Waals surface area contributed by atoms with Crippen molar-refractivity contribution < 1.29 is 4.74 Å². The molecule has 0 fully saturated rings. The highest BCUT2D eigenvalue weighted by atomic mass is 79.9. The molecule has 0 saturated heterocycles. The molecule has 0 atom stereocenters. The number of rotatable bonds is 3. The Hall–Kier alpha value is -1.66. The van der Waals surface area contributed by atoms with Crippen molar-refractivity contribution in [3.8, 4) is 11.6 Å². The summed E-state index contributed by atoms with van der Waals surface area (Å²) in [5.74, 6) is 6.80. The van der Waals surface area contributed by atoms with Crippen LogP contribution in [0.3, 0.4) is 0 Å². The normalized spacial score (nSPS) is 10.4. The summed E-state index contributed by atoms with van der Waals surface area (Å²) in [5, 5.41) is 0. The first-order valence-corrected chi connectivity index (χ1v) is 6.55. The molecular weight excluding hydrogens is 308 g/mol. The first-order chi connectivity index (χ1) is 9.01. The number of nitrogens with zero attached hydrogens (tertiary/aromatic N) is 2. The second-order valence-corrected chi connectivity index (χ2v) is 5.15. The third-order valence-electron chi connectivity index (χ3n) is 2.81. The van der Waals surface area contributed by atoms with Gasteiger partial charge in [-0.2, -0.15) is 4.98 Å². The fraction of sp³-hybridized carbons (Fsp3) is 0.231. The van der Waals surface area contributed by atoms with Gasteiger partial charge in [0.2, 0.25) is 11.8 Å². The van der Waals surface area contributed by atoms with Gasteiger partial charge in [0.15, 0.2) is 0 Å². The Balaban J connectivity index is 2.41. The molecule has 0 unspecified atom stereocenters. The minimum Gasteiger partial charge on any atom is -0.437 e. The summed E-state index contributed by atoms with van der Waals surface area (Å²) in [6.45, 7) is 6.10. The number of aromatic nitrogens is 2. The van der Waals surface area contributed by atoms with E-state index in [-0.39, 0.29) is 0 Å². The highest BCUT2D eigenvalue weighted by Gasteiger charge is 2.10. The minimum atomic E-state index is 0.306. The highest BCUT2D eigenvalue weighted by molar-refractivity contribution is 9.10. The number of hydrazine groups is 1. The molecule has 0 saturated carbocycles. The standard InChI is InChI=1S/C13H15BrN4O/c1-7-4-8(2)9(3)11(5-7)19-12-10(14)6-16-13(17-12)18-15/h4-6H,15H2,1-3H3,(H,16,17,18). The number of nitrogen functional groups attached to an aromatic ring is 1. The van der Waals surface area contributed by atoms with Gasteiger partial charge in [-0.05, 0) is 59.5 Å². The number of nitrogens with two attached hydrogens (primary N) is 1. The summed E-state index contributed by atoms with van der Waals surface area (Å²) in [7, 11) is 0. The predicted molar refractivity (Wildman–Crippen MR) is 78.3 cm³/mol. The lowest BCUT2D eigenvalue weighted by molar-refractivity contribution is 0.454. The first kappa shape index (κ1) is 13.8. The molecule has 100 valence electrons. The van der Waals surface area contributed by atoms with Gasteiger partial charge >= 0.3 is 0 Å². The van der Waals surface area contributed by atoms with Crippen LogP contribution in [0.25, 0.3) is 0 Å². The van der Waals surface area contributed by atoms with E-state index < -0.39 is 0 Å². The Morgan fingerprint density at radius 2 is 2.00 bits per heavy atom. The van der Waals surface area contributed by atoms with Crippen LogP contribution in [0.5, 0.6) is 11.6 Å². The van der Waals surface area contributed by atoms with E-state index in [1.165, 1.54) is 5.56 Å². The third kappa shape index (κ3) is 3.02. The van der Waals surface area contributed by atoms with Crippen molar-refractivity contribution in [1.82, 2.24) is 9.97 Å². The van der Waals surface area contributed by atoms with Crippen molar-refractivity contribution in [2.75, 3.05) is 5.43 Å². The molecule has 2 rings (SSSR count). The molecular formula is C13H15BrN4O. The van der Waals surface area contributed by atoms with Gasteiger partial charge in [-0.25, -0.2) is 10.8 Å². The number of anilines is 1. The van der Waals surface area contributed by atoms with Gasteiger partial charge < -0.3 is 4.74 Å². The molecule has 3 N–H and O–H groups in total. The number of ether oxygens (including phenoxy) is 1. The van der Waals surface area contributed by atoms with Crippen LogP contribution in [0, 0.1) is 20.8 Å². The van der Waals surface area contributed by atoms with E-state index in [4.69, 9.17) is 10.6 Å². The molecule has 1 heterocycles. The molecule has 1 aromatic carbocycles. The zero-order valence-corrected chi connectivity index (χ0v) is 12.6. The molecule has 5 nitrogen and oxygen atoms in total. The molecule has 0 radical (unpaired) electrons. The van der Waals surface area contributed by atoms with E-state index in [1.807, 2.05) is 19.9 Å². The molecule has 0 amide bonds. The van der Waals surface area contributed by atoms with E-state index in [0.717, 1.165) is 16.9 Å². The van der Waals surface area contributed by atoms with Crippen molar-refractivity contribution in [2.45, 2.75) is 20.8 Å². The summed E-state index contributed by atoms with van der Waals surface area (Å²) in [6.07, 6.45) is 1.59. The molecule has 0 bridgehead atoms. The van der Waals surface area contributed by atoms with Crippen LogP contribution in [-0.4, -0.2) is 9.97 Å². The predicted octanol–water partition coefficient (Wildman–Crippen LogP) is 3.24. The number of hydrogen-bond donors (Lipinski definition) is 2. The maximum atomic E-state index is 5.85. The van der Waals surface area contributed by atoms with E-state index in [1.54, 1.807) is 6.20 Å². The monoisotopic (exact) mass is 322 g/mol. The van der Waals surface area contributed by atoms with Gasteiger partial charge in [0.1, 0.15) is 5.75 Å². The zero-order valence-electron chi connectivity index (χ0n) is 11.0. The third-order valence-corrected chi connectivity index (χ3v) is 3.36. The van der Waals surface area contributed by atoms with Crippen LogP contribution >= 0.6 is 15.9 Å². The first-order valence-electron chi connectivity index (χ1n) is 5.76. The van der Waals surface area contributed by atoms with Gasteiger partial charge in [-0.1, -0.05) is 6.07 Å². The van der Waals surface area contributed by atoms with Crippen molar-refractivity contribution in [3.63, 3.8) is 0 Å². The second-order valence-electron chi connectivity index (χ2n) is 4.30. The average molecular weight is 323 g/mol. The Morgan fingerprint density at radius 3 is 2.68 bits per heavy atom. The number of hydrogen-bond acceptors (Lipinski definition) is 5. The van der Waals surface area contributed by atoms with Crippen LogP contribution in [0.15, 0.2) is 22.8 Å². The molecule has 2 aromatic rings. The molecule has 0 aliphatic carbocycles. The van der Waals surface area contributed by atoms with Crippen LogP contribution in [0.1, 0.15) is 16.7 Å². The summed E-state index contributed by atoms with van der Waals surface area (Å²) < 4.78 is 6.52. The lowest BCUT2D eigenvalue weighted by atomic mass is 10.1. The molecule has 1 aromatic heterocycles. The topological polar surface area (TPSA) is 73.1 Å². The van der Waals surface area contributed by atoms with Gasteiger partial charge in [0.05, 0.1) is 10.7 Å². The van der Waals surface area contributed by atoms with E-state index in [2.05, 4.69) is 44.3 Å². The van der Waals surface area contributed by atoms with Crippen LogP contribution in [0.4, 0.5) is 5.95 Å². The van der Waals surface area contributed by atoms with Crippen molar-refractivity contribution >= 4 is 21.9 Å². The molecule has 0 aliphatic rings. The van der Waals surface area contributed by atoms with Crippen LogP contribution < -0.4 is 16.0 Å². The maximum Gasteiger partial charge on any atom is 0.240 e. The van der Waals surface area contributed by atoms with Gasteiger partial charge in [0, 0.05) is 0 Å². The van der Waals surface area contributed by atoms with Crippen molar-refractivity contribution in [2.24, 2.45) is 5.84 Å². The summed E-state index contributed by atoms with van der Waals surface area (Å²) in [6, 6.07) is 4.09. The smallest absolute Gasteiger partial charge is 0.240 e. The van der Waals surface area contributed by atoms with Gasteiger partial charge in [0.25, 0.3) is 0 Å². The Kier molecular flexibility index (Phi) is 4.01. The van der Waals surface area contributed by atoms with Gasteiger partial charge in [-0.3, -0.25) is 5.43 Å². The Bertz CT molecular complexity index is 616. The Morgan fingerprint density at radius 1 is 1.26 bits per heavy atom. The lowest BCUT2D eigenvalue weighted by Crippen LogP contribution is -2.10. The SMILES string of the molecule is Cc1cc(C)c(C)c(Oc2nc(NN)ncc2Br)c1.